The summed E-state index contributed by atoms with van der Waals surface area (Å²) >= 11 is 12.1. The summed E-state index contributed by atoms with van der Waals surface area (Å²) in [5.74, 6) is -0.0502. The number of nitrogens with zero attached hydrogens (tertiary/aromatic N) is 1. The van der Waals surface area contributed by atoms with Crippen molar-refractivity contribution in [2.75, 3.05) is 0 Å². The van der Waals surface area contributed by atoms with Crippen LogP contribution in [-0.4, -0.2) is 15.9 Å². The minimum Gasteiger partial charge on any atom is -0.452 e. The lowest BCUT2D eigenvalue weighted by molar-refractivity contribution is 0.101. The van der Waals surface area contributed by atoms with E-state index in [9.17, 15) is 9.90 Å². The van der Waals surface area contributed by atoms with Crippen LogP contribution in [0.5, 0.6) is 0 Å². The molecule has 0 saturated heterocycles. The van der Waals surface area contributed by atoms with Gasteiger partial charge in [0.05, 0.1) is 23.0 Å². The van der Waals surface area contributed by atoms with Crippen molar-refractivity contribution in [3.8, 4) is 11.3 Å². The number of carbonyl (C=O) groups is 1. The Bertz CT molecular complexity index is 1210. The van der Waals surface area contributed by atoms with E-state index in [4.69, 9.17) is 27.6 Å². The van der Waals surface area contributed by atoms with E-state index in [0.29, 0.717) is 21.9 Å². The molecule has 2 heterocycles. The first kappa shape index (κ1) is 18.7. The second kappa shape index (κ2) is 7.40. The van der Waals surface area contributed by atoms with Crippen LogP contribution in [-0.2, 0) is 6.61 Å². The molecule has 2 aromatic carbocycles. The standard InChI is InChI=1S/C22H15Cl2NO3/c1-12-16-7-5-13(19-4-2-3-15(11-26)25-19)9-20(16)28-22(12)21(27)17-8-6-14(23)10-18(17)24/h2-10,26H,11H2,1H3. The van der Waals surface area contributed by atoms with Crippen molar-refractivity contribution < 1.29 is 14.3 Å². The minimum atomic E-state index is -0.294. The fourth-order valence-electron chi connectivity index (χ4n) is 3.13. The molecule has 1 N–H and O–H groups in total. The molecule has 0 amide bonds. The lowest BCUT2D eigenvalue weighted by Crippen LogP contribution is -2.02. The van der Waals surface area contributed by atoms with Crippen molar-refractivity contribution in [1.29, 1.82) is 0 Å². The Morgan fingerprint density at radius 1 is 1.11 bits per heavy atom. The highest BCUT2D eigenvalue weighted by molar-refractivity contribution is 6.37. The number of fused-ring (bicyclic) bond motifs is 1. The van der Waals surface area contributed by atoms with Gasteiger partial charge in [0.15, 0.2) is 5.76 Å². The largest absolute Gasteiger partial charge is 0.452 e. The van der Waals surface area contributed by atoms with Gasteiger partial charge in [-0.1, -0.05) is 41.4 Å². The van der Waals surface area contributed by atoms with Crippen LogP contribution in [0.15, 0.2) is 59.0 Å². The molecule has 28 heavy (non-hydrogen) atoms. The summed E-state index contributed by atoms with van der Waals surface area (Å²) in [6, 6.07) is 15.9. The molecule has 0 radical (unpaired) electrons. The van der Waals surface area contributed by atoms with Crippen LogP contribution < -0.4 is 0 Å². The van der Waals surface area contributed by atoms with Gasteiger partial charge in [0.25, 0.3) is 0 Å². The maximum atomic E-state index is 12.9. The molecule has 0 spiro atoms. The summed E-state index contributed by atoms with van der Waals surface area (Å²) in [6.45, 7) is 1.71. The third-order valence-corrected chi connectivity index (χ3v) is 5.13. The van der Waals surface area contributed by atoms with E-state index in [-0.39, 0.29) is 23.2 Å². The Morgan fingerprint density at radius 2 is 1.93 bits per heavy atom. The number of carbonyl (C=O) groups excluding carboxylic acids is 1. The van der Waals surface area contributed by atoms with Gasteiger partial charge in [-0.25, -0.2) is 0 Å². The Hall–Kier alpha value is -2.66. The average Bonchev–Trinajstić information content (AvgIpc) is 3.03. The monoisotopic (exact) mass is 411 g/mol. The van der Waals surface area contributed by atoms with Gasteiger partial charge in [-0.15, -0.1) is 0 Å². The quantitative estimate of drug-likeness (QED) is 0.428. The molecule has 4 rings (SSSR count). The fraction of sp³-hybridized carbons (Fsp3) is 0.0909. The lowest BCUT2D eigenvalue weighted by Gasteiger charge is -2.03. The molecule has 0 bridgehead atoms. The number of aromatic nitrogens is 1. The smallest absolute Gasteiger partial charge is 0.229 e. The van der Waals surface area contributed by atoms with E-state index in [2.05, 4.69) is 4.98 Å². The highest BCUT2D eigenvalue weighted by atomic mass is 35.5. The van der Waals surface area contributed by atoms with Crippen molar-refractivity contribution in [2.24, 2.45) is 0 Å². The maximum absolute atomic E-state index is 12.9. The van der Waals surface area contributed by atoms with Crippen molar-refractivity contribution in [3.05, 3.63) is 87.2 Å². The predicted octanol–water partition coefficient (Wildman–Crippen LogP) is 5.83. The number of furan rings is 1. The first-order chi connectivity index (χ1) is 13.5. The van der Waals surface area contributed by atoms with E-state index in [1.54, 1.807) is 18.2 Å². The topological polar surface area (TPSA) is 63.3 Å². The molecule has 140 valence electrons. The molecule has 4 aromatic rings. The molecule has 0 aliphatic heterocycles. The van der Waals surface area contributed by atoms with Crippen LogP contribution in [0.1, 0.15) is 27.4 Å². The molecule has 0 unspecified atom stereocenters. The molecule has 4 nitrogen and oxygen atoms in total. The van der Waals surface area contributed by atoms with Gasteiger partial charge in [-0.3, -0.25) is 9.78 Å². The minimum absolute atomic E-state index is 0.129. The SMILES string of the molecule is Cc1c(C(=O)c2ccc(Cl)cc2Cl)oc2cc(-c3cccc(CO)n3)ccc12. The number of aryl methyl sites for hydroxylation is 1. The zero-order chi connectivity index (χ0) is 19.8. The van der Waals surface area contributed by atoms with E-state index >= 15 is 0 Å². The van der Waals surface area contributed by atoms with Gasteiger partial charge < -0.3 is 9.52 Å². The van der Waals surface area contributed by atoms with Crippen LogP contribution in [0.2, 0.25) is 10.0 Å². The van der Waals surface area contributed by atoms with E-state index in [1.165, 1.54) is 6.07 Å². The van der Waals surface area contributed by atoms with Crippen molar-refractivity contribution in [1.82, 2.24) is 4.98 Å². The number of benzene rings is 2. The molecular formula is C22H15Cl2NO3. The predicted molar refractivity (Wildman–Crippen MR) is 110 cm³/mol. The molecule has 2 aromatic heterocycles. The van der Waals surface area contributed by atoms with Crippen molar-refractivity contribution in [2.45, 2.75) is 13.5 Å². The number of aliphatic hydroxyl groups is 1. The molecule has 0 atom stereocenters. The Morgan fingerprint density at radius 3 is 2.68 bits per heavy atom. The van der Waals surface area contributed by atoms with E-state index in [0.717, 1.165) is 22.2 Å². The van der Waals surface area contributed by atoms with E-state index < -0.39 is 0 Å². The number of hydrogen-bond acceptors (Lipinski definition) is 4. The first-order valence-corrected chi connectivity index (χ1v) is 9.33. The van der Waals surface area contributed by atoms with Gasteiger partial charge in [0.2, 0.25) is 5.78 Å². The lowest BCUT2D eigenvalue weighted by atomic mass is 10.0. The Kier molecular flexibility index (Phi) is 4.94. The van der Waals surface area contributed by atoms with Gasteiger partial charge >= 0.3 is 0 Å². The number of rotatable bonds is 4. The summed E-state index contributed by atoms with van der Waals surface area (Å²) in [5.41, 5.74) is 3.80. The molecule has 0 saturated carbocycles. The van der Waals surface area contributed by atoms with Crippen LogP contribution in [0.25, 0.3) is 22.2 Å². The molecule has 0 aliphatic rings. The van der Waals surface area contributed by atoms with E-state index in [1.807, 2.05) is 37.3 Å². The van der Waals surface area contributed by atoms with Crippen LogP contribution in [0, 0.1) is 6.92 Å². The summed E-state index contributed by atoms with van der Waals surface area (Å²) in [5, 5.41) is 10.9. The molecule has 6 heteroatoms. The zero-order valence-electron chi connectivity index (χ0n) is 14.9. The number of halogens is 2. The summed E-state index contributed by atoms with van der Waals surface area (Å²) < 4.78 is 5.90. The highest BCUT2D eigenvalue weighted by Crippen LogP contribution is 2.32. The summed E-state index contributed by atoms with van der Waals surface area (Å²) in [4.78, 5) is 17.4. The Balaban J connectivity index is 1.79. The zero-order valence-corrected chi connectivity index (χ0v) is 16.4. The molecule has 0 aliphatic carbocycles. The summed E-state index contributed by atoms with van der Waals surface area (Å²) in [7, 11) is 0. The first-order valence-electron chi connectivity index (χ1n) is 8.58. The van der Waals surface area contributed by atoms with Crippen LogP contribution in [0.4, 0.5) is 0 Å². The Labute approximate surface area is 171 Å². The van der Waals surface area contributed by atoms with Gasteiger partial charge in [0, 0.05) is 27.1 Å². The number of aliphatic hydroxyl groups excluding tert-OH is 1. The number of ketones is 1. The highest BCUT2D eigenvalue weighted by Gasteiger charge is 2.21. The second-order valence-electron chi connectivity index (χ2n) is 6.39. The third-order valence-electron chi connectivity index (χ3n) is 4.58. The van der Waals surface area contributed by atoms with Gasteiger partial charge in [-0.05, 0) is 43.3 Å². The van der Waals surface area contributed by atoms with Crippen molar-refractivity contribution >= 4 is 40.0 Å². The van der Waals surface area contributed by atoms with Crippen LogP contribution in [0.3, 0.4) is 0 Å². The summed E-state index contributed by atoms with van der Waals surface area (Å²) in [6.07, 6.45) is 0. The normalized spacial score (nSPS) is 11.1. The third kappa shape index (κ3) is 3.31. The van der Waals surface area contributed by atoms with Gasteiger partial charge in [-0.2, -0.15) is 0 Å². The number of hydrogen-bond donors (Lipinski definition) is 1. The fourth-order valence-corrected chi connectivity index (χ4v) is 3.62. The van der Waals surface area contributed by atoms with Crippen LogP contribution >= 0.6 is 23.2 Å². The molecular weight excluding hydrogens is 397 g/mol. The average molecular weight is 412 g/mol. The van der Waals surface area contributed by atoms with Crippen molar-refractivity contribution in [3.63, 3.8) is 0 Å². The second-order valence-corrected chi connectivity index (χ2v) is 7.24. The van der Waals surface area contributed by atoms with Gasteiger partial charge in [0.1, 0.15) is 5.58 Å². The number of pyridine rings is 1. The maximum Gasteiger partial charge on any atom is 0.229 e. The molecule has 0 fully saturated rings.